The SMILES string of the molecule is O=C(CCN(CCc1ccccc1)C(=O)c1ccccc1F)N1CCN(Cc2ccccc2)CC1. The Kier molecular flexibility index (Phi) is 8.63. The summed E-state index contributed by atoms with van der Waals surface area (Å²) < 4.78 is 14.3. The van der Waals surface area contributed by atoms with Crippen LogP contribution in [0.25, 0.3) is 0 Å². The molecule has 1 heterocycles. The van der Waals surface area contributed by atoms with Crippen molar-refractivity contribution in [2.24, 2.45) is 0 Å². The van der Waals surface area contributed by atoms with Crippen molar-refractivity contribution < 1.29 is 14.0 Å². The zero-order valence-electron chi connectivity index (χ0n) is 20.0. The summed E-state index contributed by atoms with van der Waals surface area (Å²) in [6.45, 7) is 4.58. The molecule has 0 N–H and O–H groups in total. The molecule has 1 aliphatic heterocycles. The molecule has 1 fully saturated rings. The second-order valence-electron chi connectivity index (χ2n) is 8.90. The van der Waals surface area contributed by atoms with E-state index in [1.165, 1.54) is 17.7 Å². The highest BCUT2D eigenvalue weighted by atomic mass is 19.1. The number of carbonyl (C=O) groups excluding carboxylic acids is 2. The number of nitrogens with zero attached hydrogens (tertiary/aromatic N) is 3. The minimum absolute atomic E-state index is 0.0374. The van der Waals surface area contributed by atoms with Crippen molar-refractivity contribution in [2.75, 3.05) is 39.3 Å². The smallest absolute Gasteiger partial charge is 0.256 e. The fraction of sp³-hybridized carbons (Fsp3) is 0.310. The quantitative estimate of drug-likeness (QED) is 0.467. The van der Waals surface area contributed by atoms with Gasteiger partial charge in [0.25, 0.3) is 5.91 Å². The summed E-state index contributed by atoms with van der Waals surface area (Å²) in [6.07, 6.45) is 0.876. The van der Waals surface area contributed by atoms with Gasteiger partial charge in [-0.1, -0.05) is 72.8 Å². The van der Waals surface area contributed by atoms with Crippen LogP contribution in [0.1, 0.15) is 27.9 Å². The molecule has 3 aromatic carbocycles. The average molecular weight is 474 g/mol. The molecule has 0 spiro atoms. The van der Waals surface area contributed by atoms with E-state index in [9.17, 15) is 14.0 Å². The molecule has 1 aliphatic rings. The van der Waals surface area contributed by atoms with Gasteiger partial charge in [-0.2, -0.15) is 0 Å². The normalized spacial score (nSPS) is 14.0. The molecule has 4 rings (SSSR count). The monoisotopic (exact) mass is 473 g/mol. The Morgan fingerprint density at radius 2 is 1.34 bits per heavy atom. The Balaban J connectivity index is 1.33. The predicted octanol–water partition coefficient (Wildman–Crippen LogP) is 4.25. The van der Waals surface area contributed by atoms with E-state index in [1.807, 2.05) is 53.4 Å². The van der Waals surface area contributed by atoms with E-state index in [0.717, 1.165) is 25.2 Å². The van der Waals surface area contributed by atoms with Gasteiger partial charge in [-0.3, -0.25) is 14.5 Å². The molecule has 0 bridgehead atoms. The second kappa shape index (κ2) is 12.3. The first-order valence-electron chi connectivity index (χ1n) is 12.2. The van der Waals surface area contributed by atoms with Crippen molar-refractivity contribution >= 4 is 11.8 Å². The van der Waals surface area contributed by atoms with Crippen LogP contribution in [0.2, 0.25) is 0 Å². The molecule has 0 aromatic heterocycles. The van der Waals surface area contributed by atoms with Gasteiger partial charge in [-0.05, 0) is 29.7 Å². The van der Waals surface area contributed by atoms with E-state index in [-0.39, 0.29) is 30.3 Å². The Bertz CT molecular complexity index is 1100. The summed E-state index contributed by atoms with van der Waals surface area (Å²) in [7, 11) is 0. The van der Waals surface area contributed by atoms with Crippen LogP contribution >= 0.6 is 0 Å². The topological polar surface area (TPSA) is 43.9 Å². The van der Waals surface area contributed by atoms with E-state index in [1.54, 1.807) is 17.0 Å². The predicted molar refractivity (Wildman–Crippen MR) is 135 cm³/mol. The van der Waals surface area contributed by atoms with Crippen LogP contribution in [0.15, 0.2) is 84.9 Å². The number of benzene rings is 3. The number of rotatable bonds is 9. The average Bonchev–Trinajstić information content (AvgIpc) is 2.90. The van der Waals surface area contributed by atoms with Gasteiger partial charge in [0.2, 0.25) is 5.91 Å². The summed E-state index contributed by atoms with van der Waals surface area (Å²) in [6, 6.07) is 26.2. The molecule has 0 atom stereocenters. The molecular weight excluding hydrogens is 441 g/mol. The van der Waals surface area contributed by atoms with E-state index >= 15 is 0 Å². The van der Waals surface area contributed by atoms with Gasteiger partial charge in [0.1, 0.15) is 5.82 Å². The molecule has 3 aromatic rings. The van der Waals surface area contributed by atoms with Crippen LogP contribution in [-0.2, 0) is 17.8 Å². The Hall–Kier alpha value is -3.51. The molecule has 35 heavy (non-hydrogen) atoms. The summed E-state index contributed by atoms with van der Waals surface area (Å²) in [5.41, 5.74) is 2.41. The lowest BCUT2D eigenvalue weighted by molar-refractivity contribution is -0.133. The van der Waals surface area contributed by atoms with Gasteiger partial charge in [-0.15, -0.1) is 0 Å². The van der Waals surface area contributed by atoms with Crippen LogP contribution in [0.5, 0.6) is 0 Å². The van der Waals surface area contributed by atoms with E-state index in [0.29, 0.717) is 26.1 Å². The minimum atomic E-state index is -0.539. The molecule has 0 aliphatic carbocycles. The molecular formula is C29H32FN3O2. The van der Waals surface area contributed by atoms with E-state index in [4.69, 9.17) is 0 Å². The van der Waals surface area contributed by atoms with Crippen molar-refractivity contribution in [2.45, 2.75) is 19.4 Å². The standard InChI is InChI=1S/C29H32FN3O2/c30-27-14-8-7-13-26(27)29(35)33(17-15-24-9-3-1-4-10-24)18-16-28(34)32-21-19-31(20-22-32)23-25-11-5-2-6-12-25/h1-14H,15-23H2. The fourth-order valence-electron chi connectivity index (χ4n) is 4.41. The van der Waals surface area contributed by atoms with Gasteiger partial charge in [0, 0.05) is 52.2 Å². The molecule has 0 radical (unpaired) electrons. The third-order valence-corrected chi connectivity index (χ3v) is 6.47. The summed E-state index contributed by atoms with van der Waals surface area (Å²) in [5.74, 6) is -0.877. The molecule has 0 saturated carbocycles. The molecule has 182 valence electrons. The first-order valence-corrected chi connectivity index (χ1v) is 12.2. The summed E-state index contributed by atoms with van der Waals surface area (Å²) >= 11 is 0. The third kappa shape index (κ3) is 6.99. The molecule has 5 nitrogen and oxygen atoms in total. The summed E-state index contributed by atoms with van der Waals surface area (Å²) in [5, 5.41) is 0. The second-order valence-corrected chi connectivity index (χ2v) is 8.90. The Morgan fingerprint density at radius 3 is 2.00 bits per heavy atom. The van der Waals surface area contributed by atoms with Crippen molar-refractivity contribution in [3.8, 4) is 0 Å². The molecule has 6 heteroatoms. The zero-order valence-corrected chi connectivity index (χ0v) is 20.0. The van der Waals surface area contributed by atoms with Gasteiger partial charge in [0.05, 0.1) is 5.56 Å². The Labute approximate surface area is 206 Å². The fourth-order valence-corrected chi connectivity index (χ4v) is 4.41. The van der Waals surface area contributed by atoms with Gasteiger partial charge in [0.15, 0.2) is 0 Å². The highest BCUT2D eigenvalue weighted by Gasteiger charge is 2.24. The maximum absolute atomic E-state index is 14.3. The first kappa shape index (κ1) is 24.6. The number of amides is 2. The van der Waals surface area contributed by atoms with Crippen LogP contribution in [0.3, 0.4) is 0 Å². The number of carbonyl (C=O) groups is 2. The maximum atomic E-state index is 14.3. The number of hydrogen-bond acceptors (Lipinski definition) is 3. The van der Waals surface area contributed by atoms with Crippen molar-refractivity contribution in [1.82, 2.24) is 14.7 Å². The number of piperazine rings is 1. The number of halogens is 1. The zero-order chi connectivity index (χ0) is 24.5. The maximum Gasteiger partial charge on any atom is 0.256 e. The lowest BCUT2D eigenvalue weighted by Crippen LogP contribution is -2.49. The molecule has 1 saturated heterocycles. The lowest BCUT2D eigenvalue weighted by atomic mass is 10.1. The third-order valence-electron chi connectivity index (χ3n) is 6.47. The van der Waals surface area contributed by atoms with E-state index < -0.39 is 5.82 Å². The van der Waals surface area contributed by atoms with Crippen LogP contribution in [0.4, 0.5) is 4.39 Å². The molecule has 0 unspecified atom stereocenters. The van der Waals surface area contributed by atoms with Crippen molar-refractivity contribution in [3.05, 3.63) is 107 Å². The minimum Gasteiger partial charge on any atom is -0.340 e. The van der Waals surface area contributed by atoms with Gasteiger partial charge < -0.3 is 9.80 Å². The van der Waals surface area contributed by atoms with Crippen LogP contribution in [-0.4, -0.2) is 65.8 Å². The highest BCUT2D eigenvalue weighted by molar-refractivity contribution is 5.94. The Morgan fingerprint density at radius 1 is 0.743 bits per heavy atom. The largest absolute Gasteiger partial charge is 0.340 e. The lowest BCUT2D eigenvalue weighted by Gasteiger charge is -2.35. The first-order chi connectivity index (χ1) is 17.1. The summed E-state index contributed by atoms with van der Waals surface area (Å²) in [4.78, 5) is 31.9. The number of hydrogen-bond donors (Lipinski definition) is 0. The highest BCUT2D eigenvalue weighted by Crippen LogP contribution is 2.14. The van der Waals surface area contributed by atoms with Crippen LogP contribution < -0.4 is 0 Å². The van der Waals surface area contributed by atoms with E-state index in [2.05, 4.69) is 17.0 Å². The van der Waals surface area contributed by atoms with Gasteiger partial charge in [-0.25, -0.2) is 4.39 Å². The van der Waals surface area contributed by atoms with Crippen molar-refractivity contribution in [1.29, 1.82) is 0 Å². The van der Waals surface area contributed by atoms with Crippen LogP contribution in [0, 0.1) is 5.82 Å². The van der Waals surface area contributed by atoms with Gasteiger partial charge >= 0.3 is 0 Å². The van der Waals surface area contributed by atoms with Crippen molar-refractivity contribution in [3.63, 3.8) is 0 Å². The molecule has 2 amide bonds.